The van der Waals surface area contributed by atoms with Gasteiger partial charge in [0.05, 0.1) is 11.4 Å². The molecule has 1 saturated carbocycles. The van der Waals surface area contributed by atoms with E-state index in [4.69, 9.17) is 10.2 Å². The fourth-order valence-electron chi connectivity index (χ4n) is 2.31. The van der Waals surface area contributed by atoms with Crippen molar-refractivity contribution < 1.29 is 9.21 Å². The highest BCUT2D eigenvalue weighted by Crippen LogP contribution is 2.31. The first-order valence-electron chi connectivity index (χ1n) is 7.82. The van der Waals surface area contributed by atoms with E-state index in [1.165, 1.54) is 24.6 Å². The smallest absolute Gasteiger partial charge is 0.230 e. The van der Waals surface area contributed by atoms with Crippen LogP contribution >= 0.6 is 11.8 Å². The van der Waals surface area contributed by atoms with Gasteiger partial charge in [-0.15, -0.1) is 11.8 Å². The molecule has 1 aliphatic rings. The van der Waals surface area contributed by atoms with Crippen LogP contribution < -0.4 is 11.1 Å². The number of nitrogens with one attached hydrogen (secondary N) is 1. The third-order valence-electron chi connectivity index (χ3n) is 3.82. The minimum absolute atomic E-state index is 0.0258. The Labute approximate surface area is 140 Å². The zero-order valence-corrected chi connectivity index (χ0v) is 13.7. The SMILES string of the molecule is NC(CNC(=O)CSCc1coc(-c2ccccc2)n1)C1CC1. The van der Waals surface area contributed by atoms with Gasteiger partial charge in [0.1, 0.15) is 6.26 Å². The van der Waals surface area contributed by atoms with Gasteiger partial charge in [0.15, 0.2) is 0 Å². The highest BCUT2D eigenvalue weighted by molar-refractivity contribution is 7.99. The Morgan fingerprint density at radius 2 is 2.17 bits per heavy atom. The second kappa shape index (κ2) is 7.66. The maximum atomic E-state index is 11.8. The lowest BCUT2D eigenvalue weighted by Crippen LogP contribution is -2.39. The van der Waals surface area contributed by atoms with Crippen LogP contribution in [0.4, 0.5) is 0 Å². The van der Waals surface area contributed by atoms with E-state index >= 15 is 0 Å². The molecular formula is C17H21N3O2S. The molecule has 0 saturated heterocycles. The highest BCUT2D eigenvalue weighted by Gasteiger charge is 2.28. The third-order valence-corrected chi connectivity index (χ3v) is 4.78. The summed E-state index contributed by atoms with van der Waals surface area (Å²) in [4.78, 5) is 16.2. The van der Waals surface area contributed by atoms with Crippen LogP contribution in [0, 0.1) is 5.92 Å². The number of nitrogens with two attached hydrogens (primary N) is 1. The molecule has 1 fully saturated rings. The summed E-state index contributed by atoms with van der Waals surface area (Å²) in [6.45, 7) is 0.576. The van der Waals surface area contributed by atoms with Crippen molar-refractivity contribution in [3.8, 4) is 11.5 Å². The summed E-state index contributed by atoms with van der Waals surface area (Å²) in [6, 6.07) is 9.87. The number of oxazole rings is 1. The van der Waals surface area contributed by atoms with E-state index in [0.717, 1.165) is 11.3 Å². The zero-order valence-electron chi connectivity index (χ0n) is 12.9. The number of thioether (sulfide) groups is 1. The maximum Gasteiger partial charge on any atom is 0.230 e. The molecule has 0 aliphatic heterocycles. The van der Waals surface area contributed by atoms with Crippen LogP contribution in [0.15, 0.2) is 41.0 Å². The van der Waals surface area contributed by atoms with E-state index < -0.39 is 0 Å². The van der Waals surface area contributed by atoms with Gasteiger partial charge in [0.2, 0.25) is 11.8 Å². The fourth-order valence-corrected chi connectivity index (χ4v) is 3.04. The number of benzene rings is 1. The number of nitrogens with zero attached hydrogens (tertiary/aromatic N) is 1. The summed E-state index contributed by atoms with van der Waals surface area (Å²) in [5.74, 6) is 2.30. The Kier molecular flexibility index (Phi) is 5.35. The first-order chi connectivity index (χ1) is 11.2. The lowest BCUT2D eigenvalue weighted by Gasteiger charge is -2.11. The average molecular weight is 331 g/mol. The number of hydrogen-bond acceptors (Lipinski definition) is 5. The number of amides is 1. The number of rotatable bonds is 8. The minimum Gasteiger partial charge on any atom is -0.444 e. The Bertz CT molecular complexity index is 640. The van der Waals surface area contributed by atoms with E-state index in [1.807, 2.05) is 30.3 Å². The van der Waals surface area contributed by atoms with Gasteiger partial charge in [-0.05, 0) is 30.9 Å². The standard InChI is InChI=1S/C17H21N3O2S/c18-15(12-6-7-12)8-19-16(21)11-23-10-14-9-22-17(20-14)13-4-2-1-3-5-13/h1-5,9,12,15H,6-8,10-11,18H2,(H,19,21). The summed E-state index contributed by atoms with van der Waals surface area (Å²) in [7, 11) is 0. The van der Waals surface area contributed by atoms with Crippen LogP contribution in [0.2, 0.25) is 0 Å². The molecular weight excluding hydrogens is 310 g/mol. The lowest BCUT2D eigenvalue weighted by atomic mass is 10.2. The zero-order chi connectivity index (χ0) is 16.1. The molecule has 2 aromatic rings. The van der Waals surface area contributed by atoms with Crippen molar-refractivity contribution >= 4 is 17.7 Å². The summed E-state index contributed by atoms with van der Waals surface area (Å²) < 4.78 is 5.48. The van der Waals surface area contributed by atoms with Gasteiger partial charge >= 0.3 is 0 Å². The number of carbonyl (C=O) groups excluding carboxylic acids is 1. The largest absolute Gasteiger partial charge is 0.444 e. The van der Waals surface area contributed by atoms with Gasteiger partial charge < -0.3 is 15.5 Å². The molecule has 0 spiro atoms. The topological polar surface area (TPSA) is 81.1 Å². The Hall–Kier alpha value is -1.79. The molecule has 1 heterocycles. The molecule has 5 nitrogen and oxygen atoms in total. The summed E-state index contributed by atoms with van der Waals surface area (Å²) in [5.41, 5.74) is 7.76. The average Bonchev–Trinajstić information content (AvgIpc) is 3.33. The minimum atomic E-state index is 0.0258. The van der Waals surface area contributed by atoms with Gasteiger partial charge in [-0.1, -0.05) is 18.2 Å². The van der Waals surface area contributed by atoms with Crippen molar-refractivity contribution in [1.82, 2.24) is 10.3 Å². The van der Waals surface area contributed by atoms with Gasteiger partial charge in [0.25, 0.3) is 0 Å². The van der Waals surface area contributed by atoms with Gasteiger partial charge in [-0.3, -0.25) is 4.79 Å². The highest BCUT2D eigenvalue weighted by atomic mass is 32.2. The predicted octanol–water partition coefficient (Wildman–Crippen LogP) is 2.43. The molecule has 1 aliphatic carbocycles. The van der Waals surface area contributed by atoms with Crippen molar-refractivity contribution in [2.75, 3.05) is 12.3 Å². The van der Waals surface area contributed by atoms with Crippen molar-refractivity contribution in [3.63, 3.8) is 0 Å². The first kappa shape index (κ1) is 16.1. The van der Waals surface area contributed by atoms with Crippen LogP contribution in [0.3, 0.4) is 0 Å². The monoisotopic (exact) mass is 331 g/mol. The molecule has 6 heteroatoms. The summed E-state index contributed by atoms with van der Waals surface area (Å²) in [5, 5.41) is 2.89. The van der Waals surface area contributed by atoms with Crippen LogP contribution in [0.25, 0.3) is 11.5 Å². The van der Waals surface area contributed by atoms with Gasteiger partial charge in [0, 0.05) is 23.9 Å². The van der Waals surface area contributed by atoms with Crippen molar-refractivity contribution in [3.05, 3.63) is 42.3 Å². The van der Waals surface area contributed by atoms with E-state index in [9.17, 15) is 4.79 Å². The Balaban J connectivity index is 1.38. The fraction of sp³-hybridized carbons (Fsp3) is 0.412. The maximum absolute atomic E-state index is 11.8. The number of hydrogen-bond donors (Lipinski definition) is 2. The Morgan fingerprint density at radius 3 is 2.91 bits per heavy atom. The summed E-state index contributed by atoms with van der Waals surface area (Å²) >= 11 is 1.52. The normalized spacial score (nSPS) is 15.3. The third kappa shape index (κ3) is 4.84. The lowest BCUT2D eigenvalue weighted by molar-refractivity contribution is -0.118. The van der Waals surface area contributed by atoms with Crippen molar-refractivity contribution in [1.29, 1.82) is 0 Å². The second-order valence-corrected chi connectivity index (χ2v) is 6.79. The summed E-state index contributed by atoms with van der Waals surface area (Å²) in [6.07, 6.45) is 4.04. The molecule has 122 valence electrons. The second-order valence-electron chi connectivity index (χ2n) is 5.81. The number of aromatic nitrogens is 1. The Morgan fingerprint density at radius 1 is 1.39 bits per heavy atom. The van der Waals surface area contributed by atoms with E-state index in [2.05, 4.69) is 10.3 Å². The van der Waals surface area contributed by atoms with Gasteiger partial charge in [-0.25, -0.2) is 4.98 Å². The van der Waals surface area contributed by atoms with Crippen molar-refractivity contribution in [2.24, 2.45) is 11.7 Å². The molecule has 1 atom stereocenters. The van der Waals surface area contributed by atoms with Crippen molar-refractivity contribution in [2.45, 2.75) is 24.6 Å². The quantitative estimate of drug-likeness (QED) is 0.776. The molecule has 23 heavy (non-hydrogen) atoms. The first-order valence-corrected chi connectivity index (χ1v) is 8.97. The molecule has 1 aromatic carbocycles. The van der Waals surface area contributed by atoms with Crippen LogP contribution in [-0.4, -0.2) is 29.2 Å². The predicted molar refractivity (Wildman–Crippen MR) is 91.8 cm³/mol. The van der Waals surface area contributed by atoms with Gasteiger partial charge in [-0.2, -0.15) is 0 Å². The molecule has 1 amide bonds. The van der Waals surface area contributed by atoms with E-state index in [0.29, 0.717) is 29.9 Å². The molecule has 3 rings (SSSR count). The molecule has 0 bridgehead atoms. The number of carbonyl (C=O) groups is 1. The van der Waals surface area contributed by atoms with Crippen LogP contribution in [0.1, 0.15) is 18.5 Å². The van der Waals surface area contributed by atoms with Crippen LogP contribution in [0.5, 0.6) is 0 Å². The van der Waals surface area contributed by atoms with E-state index in [-0.39, 0.29) is 11.9 Å². The molecule has 0 radical (unpaired) electrons. The van der Waals surface area contributed by atoms with Crippen LogP contribution in [-0.2, 0) is 10.5 Å². The molecule has 3 N–H and O–H groups in total. The molecule has 1 unspecified atom stereocenters. The van der Waals surface area contributed by atoms with E-state index in [1.54, 1.807) is 6.26 Å². The molecule has 1 aromatic heterocycles.